The molecule has 2 rings (SSSR count). The predicted molar refractivity (Wildman–Crippen MR) is 88.1 cm³/mol. The Morgan fingerprint density at radius 1 is 0.857 bits per heavy atom. The SMILES string of the molecule is O=C([O-])C(C(Cc1ccccc1)(Cc1ccccc1)C(=O)[O-])S(=O)(=O)O.[Na+].[Na+]. The Morgan fingerprint density at radius 3 is 1.46 bits per heavy atom. The predicted octanol–water partition coefficient (Wildman–Crippen LogP) is -6.78. The first kappa shape index (κ1) is 27.3. The van der Waals surface area contributed by atoms with E-state index in [1.807, 2.05) is 0 Å². The average Bonchev–Trinajstić information content (AvgIpc) is 2.54. The van der Waals surface area contributed by atoms with Crippen LogP contribution in [0, 0.1) is 5.41 Å². The van der Waals surface area contributed by atoms with E-state index >= 15 is 0 Å². The molecule has 0 amide bonds. The minimum Gasteiger partial charge on any atom is -0.549 e. The second-order valence-electron chi connectivity index (χ2n) is 5.98. The van der Waals surface area contributed by atoms with Crippen LogP contribution in [0.2, 0.25) is 0 Å². The smallest absolute Gasteiger partial charge is 0.549 e. The fraction of sp³-hybridized carbons (Fsp3) is 0.222. The first-order valence-corrected chi connectivity index (χ1v) is 9.13. The number of carboxylic acids is 2. The molecule has 0 fully saturated rings. The van der Waals surface area contributed by atoms with Crippen molar-refractivity contribution in [3.05, 3.63) is 71.8 Å². The van der Waals surface area contributed by atoms with E-state index in [1.54, 1.807) is 36.4 Å². The van der Waals surface area contributed by atoms with E-state index in [0.717, 1.165) is 0 Å². The number of rotatable bonds is 8. The van der Waals surface area contributed by atoms with Crippen LogP contribution in [0.25, 0.3) is 0 Å². The van der Waals surface area contributed by atoms with Gasteiger partial charge in [0.1, 0.15) is 5.25 Å². The number of carbonyl (C=O) groups is 2. The molecule has 0 radical (unpaired) electrons. The van der Waals surface area contributed by atoms with Crippen molar-refractivity contribution in [2.45, 2.75) is 18.1 Å². The van der Waals surface area contributed by atoms with Gasteiger partial charge in [-0.2, -0.15) is 8.42 Å². The first-order chi connectivity index (χ1) is 12.2. The molecular formula is C18H16Na2O7S. The molecule has 0 bridgehead atoms. The molecule has 1 N–H and O–H groups in total. The summed E-state index contributed by atoms with van der Waals surface area (Å²) in [5, 5.41) is 20.9. The van der Waals surface area contributed by atoms with Crippen molar-refractivity contribution in [3.8, 4) is 0 Å². The van der Waals surface area contributed by atoms with Gasteiger partial charge in [0.15, 0.2) is 0 Å². The van der Waals surface area contributed by atoms with Crippen LogP contribution < -0.4 is 69.3 Å². The topological polar surface area (TPSA) is 135 Å². The molecule has 0 aliphatic carbocycles. The van der Waals surface area contributed by atoms with Crippen LogP contribution in [-0.2, 0) is 32.5 Å². The van der Waals surface area contributed by atoms with Gasteiger partial charge < -0.3 is 19.8 Å². The van der Waals surface area contributed by atoms with Gasteiger partial charge in [-0.15, -0.1) is 0 Å². The Kier molecular flexibility index (Phi) is 11.2. The number of hydrogen-bond acceptors (Lipinski definition) is 6. The summed E-state index contributed by atoms with van der Waals surface area (Å²) in [6.45, 7) is 0. The molecule has 0 aromatic heterocycles. The van der Waals surface area contributed by atoms with E-state index in [2.05, 4.69) is 0 Å². The largest absolute Gasteiger partial charge is 1.00 e. The van der Waals surface area contributed by atoms with Crippen molar-refractivity contribution in [1.29, 1.82) is 0 Å². The summed E-state index contributed by atoms with van der Waals surface area (Å²) in [7, 11) is -5.29. The summed E-state index contributed by atoms with van der Waals surface area (Å²) in [5.74, 6) is -4.11. The van der Waals surface area contributed by atoms with Crippen molar-refractivity contribution >= 4 is 22.1 Å². The van der Waals surface area contributed by atoms with E-state index in [1.165, 1.54) is 24.3 Å². The van der Waals surface area contributed by atoms with Crippen molar-refractivity contribution in [2.75, 3.05) is 0 Å². The molecule has 0 heterocycles. The maximum atomic E-state index is 12.0. The Hall–Kier alpha value is -0.710. The molecule has 10 heteroatoms. The van der Waals surface area contributed by atoms with Gasteiger partial charge in [0, 0.05) is 5.41 Å². The third-order valence-electron chi connectivity index (χ3n) is 4.15. The summed E-state index contributed by atoms with van der Waals surface area (Å²) in [4.78, 5) is 23.6. The maximum absolute atomic E-state index is 12.0. The molecular weight excluding hydrogens is 406 g/mol. The van der Waals surface area contributed by atoms with Crippen molar-refractivity contribution < 1.29 is 91.9 Å². The van der Waals surface area contributed by atoms with Crippen molar-refractivity contribution in [2.24, 2.45) is 5.41 Å². The number of aliphatic carboxylic acids is 2. The minimum atomic E-state index is -5.29. The molecule has 2 aromatic rings. The monoisotopic (exact) mass is 422 g/mol. The fourth-order valence-electron chi connectivity index (χ4n) is 3.05. The second-order valence-corrected chi connectivity index (χ2v) is 7.48. The Labute approximate surface area is 207 Å². The number of hydrogen-bond donors (Lipinski definition) is 1. The van der Waals surface area contributed by atoms with Crippen LogP contribution in [0.5, 0.6) is 0 Å². The minimum absolute atomic E-state index is 0. The van der Waals surface area contributed by atoms with E-state index in [9.17, 15) is 32.8 Å². The first-order valence-electron chi connectivity index (χ1n) is 7.63. The molecule has 0 saturated heterocycles. The molecule has 1 unspecified atom stereocenters. The summed E-state index contributed by atoms with van der Waals surface area (Å²) in [6, 6.07) is 15.8. The summed E-state index contributed by atoms with van der Waals surface area (Å²) in [6.07, 6.45) is -0.965. The Bertz CT molecular complexity index is 845. The molecule has 7 nitrogen and oxygen atoms in total. The summed E-state index contributed by atoms with van der Waals surface area (Å²) in [5.41, 5.74) is -1.71. The molecule has 138 valence electrons. The van der Waals surface area contributed by atoms with Crippen molar-refractivity contribution in [1.82, 2.24) is 0 Å². The zero-order valence-corrected chi connectivity index (χ0v) is 20.4. The third kappa shape index (κ3) is 6.67. The average molecular weight is 422 g/mol. The molecule has 0 spiro atoms. The van der Waals surface area contributed by atoms with Crippen LogP contribution in [0.1, 0.15) is 11.1 Å². The molecule has 2 aromatic carbocycles. The van der Waals surface area contributed by atoms with E-state index in [0.29, 0.717) is 11.1 Å². The standard InChI is InChI=1S/C18H18O7S.2Na/c19-16(20)15(26(23,24)25)18(17(21)22,11-13-7-3-1-4-8-13)12-14-9-5-2-6-10-14;;/h1-10,15H,11-12H2,(H,19,20)(H,21,22)(H,23,24,25);;/q;2*+1/p-2. The van der Waals surface area contributed by atoms with E-state index < -0.39 is 45.6 Å². The van der Waals surface area contributed by atoms with Crippen LogP contribution >= 0.6 is 0 Å². The normalized spacial score (nSPS) is 12.2. The number of carboxylic acid groups (broad SMARTS) is 2. The third-order valence-corrected chi connectivity index (χ3v) is 5.38. The molecule has 28 heavy (non-hydrogen) atoms. The van der Waals surface area contributed by atoms with Gasteiger partial charge in [0.25, 0.3) is 10.1 Å². The molecule has 0 aliphatic heterocycles. The molecule has 0 aliphatic rings. The summed E-state index contributed by atoms with van der Waals surface area (Å²) < 4.78 is 32.9. The Morgan fingerprint density at radius 2 is 1.21 bits per heavy atom. The zero-order chi connectivity index (χ0) is 19.4. The van der Waals surface area contributed by atoms with Gasteiger partial charge >= 0.3 is 59.1 Å². The zero-order valence-electron chi connectivity index (χ0n) is 15.6. The summed E-state index contributed by atoms with van der Waals surface area (Å²) >= 11 is 0. The Balaban J connectivity index is 0.00000364. The number of carbonyl (C=O) groups excluding carboxylic acids is 2. The van der Waals surface area contributed by atoms with Crippen LogP contribution in [0.4, 0.5) is 0 Å². The van der Waals surface area contributed by atoms with Crippen molar-refractivity contribution in [3.63, 3.8) is 0 Å². The van der Waals surface area contributed by atoms with Gasteiger partial charge in [-0.1, -0.05) is 60.7 Å². The van der Waals surface area contributed by atoms with Gasteiger partial charge in [-0.3, -0.25) is 4.55 Å². The van der Waals surface area contributed by atoms with Crippen LogP contribution in [0.15, 0.2) is 60.7 Å². The molecule has 1 atom stereocenters. The molecule has 0 saturated carbocycles. The van der Waals surface area contributed by atoms with Gasteiger partial charge in [-0.25, -0.2) is 0 Å². The van der Waals surface area contributed by atoms with E-state index in [-0.39, 0.29) is 59.1 Å². The number of benzene rings is 2. The quantitative estimate of drug-likeness (QED) is 0.330. The van der Waals surface area contributed by atoms with Gasteiger partial charge in [0.05, 0.1) is 11.9 Å². The van der Waals surface area contributed by atoms with Crippen LogP contribution in [0.3, 0.4) is 0 Å². The van der Waals surface area contributed by atoms with Gasteiger partial charge in [-0.05, 0) is 24.0 Å². The fourth-order valence-corrected chi connectivity index (χ4v) is 4.13. The van der Waals surface area contributed by atoms with Gasteiger partial charge in [0.2, 0.25) is 0 Å². The van der Waals surface area contributed by atoms with E-state index in [4.69, 9.17) is 0 Å². The maximum Gasteiger partial charge on any atom is 1.00 e. The second kappa shape index (κ2) is 11.5. The van der Waals surface area contributed by atoms with Crippen LogP contribution in [-0.4, -0.2) is 30.2 Å².